The van der Waals surface area contributed by atoms with Crippen LogP contribution in [0.15, 0.2) is 57.3 Å². The van der Waals surface area contributed by atoms with E-state index in [9.17, 15) is 9.18 Å². The van der Waals surface area contributed by atoms with Crippen molar-refractivity contribution in [2.45, 2.75) is 44.5 Å². The van der Waals surface area contributed by atoms with Crippen molar-refractivity contribution in [3.63, 3.8) is 0 Å². The quantitative estimate of drug-likeness (QED) is 0.172. The fourth-order valence-electron chi connectivity index (χ4n) is 3.99. The number of nitrogens with one attached hydrogen (secondary N) is 1. The lowest BCUT2D eigenvalue weighted by atomic mass is 9.95. The first-order valence-electron chi connectivity index (χ1n) is 11.8. The van der Waals surface area contributed by atoms with Crippen LogP contribution in [0.4, 0.5) is 10.3 Å². The highest BCUT2D eigenvalue weighted by atomic mass is 79.9. The Bertz CT molecular complexity index is 1330. The summed E-state index contributed by atoms with van der Waals surface area (Å²) in [7, 11) is 2.87. The van der Waals surface area contributed by atoms with Gasteiger partial charge in [-0.1, -0.05) is 43.3 Å². The predicted molar refractivity (Wildman–Crippen MR) is 144 cm³/mol. The second-order valence-electron chi connectivity index (χ2n) is 8.34. The number of halogens is 2. The molecule has 3 aromatic rings. The molecule has 1 unspecified atom stereocenters. The van der Waals surface area contributed by atoms with Gasteiger partial charge in [0.2, 0.25) is 11.1 Å². The van der Waals surface area contributed by atoms with Crippen LogP contribution in [0.5, 0.6) is 11.5 Å². The van der Waals surface area contributed by atoms with Crippen LogP contribution in [0.3, 0.4) is 0 Å². The molecule has 1 aliphatic rings. The molecule has 8 nitrogen and oxygen atoms in total. The summed E-state index contributed by atoms with van der Waals surface area (Å²) in [5.74, 6) is 1.43. The summed E-state index contributed by atoms with van der Waals surface area (Å²) in [6.07, 6.45) is 2.13. The second kappa shape index (κ2) is 12.0. The number of carbonyl (C=O) groups is 1. The van der Waals surface area contributed by atoms with E-state index in [2.05, 4.69) is 33.2 Å². The van der Waals surface area contributed by atoms with Crippen LogP contribution in [0, 0.1) is 5.82 Å². The number of rotatable bonds is 10. The fraction of sp³-hybridized carbons (Fsp3) is 0.346. The van der Waals surface area contributed by atoms with Crippen LogP contribution < -0.4 is 14.8 Å². The van der Waals surface area contributed by atoms with Crippen molar-refractivity contribution < 1.29 is 23.4 Å². The molecule has 2 heterocycles. The standard InChI is InChI=1S/C26H28BrFN4O4S/c1-5-6-11-37-26-30-25-29-15(2)21(24(33)35-4)22(32(25)31-26)17-12-18(27)23(20(13-17)34-3)36-14-16-9-7-8-10-19(16)28/h7-10,12-13,22H,5-6,11,14H2,1-4H3,(H,29,30,31). The highest BCUT2D eigenvalue weighted by molar-refractivity contribution is 9.10. The van der Waals surface area contributed by atoms with Crippen molar-refractivity contribution in [2.75, 3.05) is 25.3 Å². The third-order valence-electron chi connectivity index (χ3n) is 5.86. The Morgan fingerprint density at radius 1 is 1.27 bits per heavy atom. The van der Waals surface area contributed by atoms with Gasteiger partial charge in [-0.05, 0) is 53.0 Å². The number of aromatic nitrogens is 3. The molecular weight excluding hydrogens is 563 g/mol. The normalized spacial score (nSPS) is 14.7. The van der Waals surface area contributed by atoms with Gasteiger partial charge < -0.3 is 19.5 Å². The molecule has 11 heteroatoms. The van der Waals surface area contributed by atoms with Crippen LogP contribution in [0.2, 0.25) is 0 Å². The maximum absolute atomic E-state index is 14.1. The van der Waals surface area contributed by atoms with Crippen molar-refractivity contribution in [1.29, 1.82) is 0 Å². The van der Waals surface area contributed by atoms with E-state index in [1.165, 1.54) is 20.3 Å². The Hall–Kier alpha value is -3.05. The van der Waals surface area contributed by atoms with Gasteiger partial charge in [-0.2, -0.15) is 4.98 Å². The van der Waals surface area contributed by atoms with Crippen molar-refractivity contribution in [1.82, 2.24) is 14.8 Å². The van der Waals surface area contributed by atoms with Gasteiger partial charge in [0.05, 0.1) is 24.3 Å². The molecule has 0 amide bonds. The number of ether oxygens (including phenoxy) is 3. The Labute approximate surface area is 227 Å². The van der Waals surface area contributed by atoms with Crippen LogP contribution in [0.25, 0.3) is 0 Å². The zero-order valence-corrected chi connectivity index (χ0v) is 23.4. The number of fused-ring (bicyclic) bond motifs is 1. The molecule has 1 aliphatic heterocycles. The average Bonchev–Trinajstić information content (AvgIpc) is 3.29. The topological polar surface area (TPSA) is 87.5 Å². The first kappa shape index (κ1) is 27.0. The number of hydrogen-bond donors (Lipinski definition) is 1. The molecule has 37 heavy (non-hydrogen) atoms. The molecule has 4 rings (SSSR count). The molecular formula is C26H28BrFN4O4S. The Balaban J connectivity index is 1.74. The first-order valence-corrected chi connectivity index (χ1v) is 13.5. The van der Waals surface area contributed by atoms with E-state index in [-0.39, 0.29) is 12.4 Å². The SMILES string of the molecule is CCCCSc1nc2n(n1)C(c1cc(Br)c(OCc3ccccc3F)c(OC)c1)C(C(=O)OC)=C(C)N2. The van der Waals surface area contributed by atoms with Gasteiger partial charge >= 0.3 is 5.97 Å². The lowest BCUT2D eigenvalue weighted by Gasteiger charge is -2.28. The summed E-state index contributed by atoms with van der Waals surface area (Å²) in [6.45, 7) is 3.96. The number of anilines is 1. The van der Waals surface area contributed by atoms with E-state index < -0.39 is 12.0 Å². The fourth-order valence-corrected chi connectivity index (χ4v) is 5.47. The number of hydrogen-bond acceptors (Lipinski definition) is 8. The smallest absolute Gasteiger partial charge is 0.338 e. The summed E-state index contributed by atoms with van der Waals surface area (Å²) in [5.41, 5.74) is 2.15. The molecule has 0 saturated carbocycles. The molecule has 2 aromatic carbocycles. The molecule has 196 valence electrons. The number of thioether (sulfide) groups is 1. The van der Waals surface area contributed by atoms with Gasteiger partial charge in [0.15, 0.2) is 11.5 Å². The number of carbonyl (C=O) groups excluding carboxylic acids is 1. The molecule has 0 aliphatic carbocycles. The molecule has 0 radical (unpaired) electrons. The number of allylic oxidation sites excluding steroid dienone is 1. The van der Waals surface area contributed by atoms with Crippen molar-refractivity contribution in [3.8, 4) is 11.5 Å². The van der Waals surface area contributed by atoms with Crippen LogP contribution in [-0.4, -0.2) is 40.7 Å². The zero-order chi connectivity index (χ0) is 26.5. The molecule has 1 atom stereocenters. The highest BCUT2D eigenvalue weighted by Crippen LogP contribution is 2.43. The maximum atomic E-state index is 14.1. The second-order valence-corrected chi connectivity index (χ2v) is 10.3. The van der Waals surface area contributed by atoms with Crippen molar-refractivity contribution in [2.24, 2.45) is 0 Å². The third-order valence-corrected chi connectivity index (χ3v) is 7.38. The minimum atomic E-state index is -0.623. The number of methoxy groups -OCH3 is 2. The Morgan fingerprint density at radius 3 is 2.76 bits per heavy atom. The summed E-state index contributed by atoms with van der Waals surface area (Å²) >= 11 is 5.15. The Morgan fingerprint density at radius 2 is 2.05 bits per heavy atom. The van der Waals surface area contributed by atoms with Crippen molar-refractivity contribution >= 4 is 39.6 Å². The molecule has 0 bridgehead atoms. The monoisotopic (exact) mass is 590 g/mol. The molecule has 0 fully saturated rings. The van der Waals surface area contributed by atoms with Crippen LogP contribution >= 0.6 is 27.7 Å². The number of esters is 1. The lowest BCUT2D eigenvalue weighted by Crippen LogP contribution is -2.29. The molecule has 0 saturated heterocycles. The molecule has 1 aromatic heterocycles. The molecule has 0 spiro atoms. The summed E-state index contributed by atoms with van der Waals surface area (Å²) in [5, 5.41) is 8.52. The van der Waals surface area contributed by atoms with Gasteiger partial charge in [-0.15, -0.1) is 5.10 Å². The highest BCUT2D eigenvalue weighted by Gasteiger charge is 2.36. The van der Waals surface area contributed by atoms with Crippen LogP contribution in [-0.2, 0) is 16.1 Å². The van der Waals surface area contributed by atoms with Gasteiger partial charge in [-0.25, -0.2) is 13.9 Å². The number of unbranched alkanes of at least 4 members (excludes halogenated alkanes) is 1. The zero-order valence-electron chi connectivity index (χ0n) is 21.0. The minimum Gasteiger partial charge on any atom is -0.493 e. The van der Waals surface area contributed by atoms with E-state index in [0.29, 0.717) is 49.5 Å². The minimum absolute atomic E-state index is 0.0202. The largest absolute Gasteiger partial charge is 0.493 e. The van der Waals surface area contributed by atoms with E-state index in [0.717, 1.165) is 18.6 Å². The number of nitrogens with zero attached hydrogens (tertiary/aromatic N) is 3. The van der Waals surface area contributed by atoms with Gasteiger partial charge in [0.25, 0.3) is 0 Å². The average molecular weight is 592 g/mol. The van der Waals surface area contributed by atoms with Crippen LogP contribution in [0.1, 0.15) is 43.9 Å². The van der Waals surface area contributed by atoms with E-state index >= 15 is 0 Å². The maximum Gasteiger partial charge on any atom is 0.338 e. The van der Waals surface area contributed by atoms with E-state index in [1.54, 1.807) is 47.6 Å². The van der Waals surface area contributed by atoms with Gasteiger partial charge in [-0.3, -0.25) is 0 Å². The van der Waals surface area contributed by atoms with Gasteiger partial charge in [0, 0.05) is 17.0 Å². The van der Waals surface area contributed by atoms with Gasteiger partial charge in [0.1, 0.15) is 18.5 Å². The van der Waals surface area contributed by atoms with E-state index in [1.807, 2.05) is 6.07 Å². The summed E-state index contributed by atoms with van der Waals surface area (Å²) < 4.78 is 33.1. The van der Waals surface area contributed by atoms with E-state index in [4.69, 9.17) is 19.3 Å². The third kappa shape index (κ3) is 5.77. The van der Waals surface area contributed by atoms with Crippen molar-refractivity contribution in [3.05, 3.63) is 69.1 Å². The Kier molecular flexibility index (Phi) is 8.75. The first-order chi connectivity index (χ1) is 17.9. The summed E-state index contributed by atoms with van der Waals surface area (Å²) in [4.78, 5) is 17.5. The molecule has 1 N–H and O–H groups in total. The lowest BCUT2D eigenvalue weighted by molar-refractivity contribution is -0.136. The number of benzene rings is 2. The summed E-state index contributed by atoms with van der Waals surface area (Å²) in [6, 6.07) is 9.42. The predicted octanol–water partition coefficient (Wildman–Crippen LogP) is 6.12.